The summed E-state index contributed by atoms with van der Waals surface area (Å²) in [6.07, 6.45) is 0. The van der Waals surface area contributed by atoms with Gasteiger partial charge in [0.25, 0.3) is 0 Å². The number of hydrogen-bond donors (Lipinski definition) is 0. The van der Waals surface area contributed by atoms with E-state index in [1.807, 2.05) is 19.1 Å². The second-order valence-corrected chi connectivity index (χ2v) is 3.84. The van der Waals surface area contributed by atoms with Crippen molar-refractivity contribution in [2.45, 2.75) is 20.8 Å². The van der Waals surface area contributed by atoms with Crippen LogP contribution in [-0.2, 0) is 0 Å². The van der Waals surface area contributed by atoms with Gasteiger partial charge in [0.05, 0.1) is 11.1 Å². The average Bonchev–Trinajstić information content (AvgIpc) is 2.08. The summed E-state index contributed by atoms with van der Waals surface area (Å²) >= 11 is 3.54. The Bertz CT molecular complexity index is 281. The molecule has 1 nitrogen and oxygen atoms in total. The summed E-state index contributed by atoms with van der Waals surface area (Å²) in [6.45, 7) is 6.87. The number of benzene rings is 1. The van der Waals surface area contributed by atoms with Crippen LogP contribution < -0.4 is 4.74 Å². The normalized spacial score (nSPS) is 10.5. The standard InChI is InChI=1S/C11H14BrO/c1-4-13-10-7-5-6-9(8(2)3)11(10)12/h5-7H,4H2,1-3H3. The van der Waals surface area contributed by atoms with E-state index in [4.69, 9.17) is 4.74 Å². The molecule has 0 heterocycles. The number of halogens is 1. The fourth-order valence-corrected chi connectivity index (χ4v) is 1.94. The van der Waals surface area contributed by atoms with Crippen LogP contribution in [-0.4, -0.2) is 6.61 Å². The van der Waals surface area contributed by atoms with Crippen LogP contribution in [0, 0.1) is 5.92 Å². The molecule has 0 bridgehead atoms. The van der Waals surface area contributed by atoms with Gasteiger partial charge >= 0.3 is 0 Å². The molecular formula is C11H14BrO. The first-order valence-corrected chi connectivity index (χ1v) is 5.18. The second-order valence-electron chi connectivity index (χ2n) is 3.05. The van der Waals surface area contributed by atoms with Crippen LogP contribution in [0.5, 0.6) is 5.75 Å². The van der Waals surface area contributed by atoms with Gasteiger partial charge in [0.2, 0.25) is 0 Å². The van der Waals surface area contributed by atoms with Crippen molar-refractivity contribution in [2.75, 3.05) is 6.61 Å². The third-order valence-electron chi connectivity index (χ3n) is 1.80. The molecule has 0 saturated carbocycles. The van der Waals surface area contributed by atoms with Crippen molar-refractivity contribution in [3.63, 3.8) is 0 Å². The van der Waals surface area contributed by atoms with Crippen molar-refractivity contribution >= 4 is 15.9 Å². The lowest BCUT2D eigenvalue weighted by molar-refractivity contribution is 0.338. The van der Waals surface area contributed by atoms with E-state index in [9.17, 15) is 0 Å². The van der Waals surface area contributed by atoms with Crippen molar-refractivity contribution in [3.05, 3.63) is 34.2 Å². The molecule has 1 aromatic rings. The van der Waals surface area contributed by atoms with Gasteiger partial charge in [-0.3, -0.25) is 0 Å². The van der Waals surface area contributed by atoms with Gasteiger partial charge in [-0.15, -0.1) is 0 Å². The quantitative estimate of drug-likeness (QED) is 0.783. The van der Waals surface area contributed by atoms with E-state index in [2.05, 4.69) is 35.8 Å². The molecule has 0 aliphatic heterocycles. The first-order chi connectivity index (χ1) is 6.16. The van der Waals surface area contributed by atoms with Crippen LogP contribution in [0.4, 0.5) is 0 Å². The highest BCUT2D eigenvalue weighted by atomic mass is 79.9. The fourth-order valence-electron chi connectivity index (χ4n) is 1.16. The molecule has 0 aliphatic rings. The van der Waals surface area contributed by atoms with Gasteiger partial charge in [0, 0.05) is 5.92 Å². The molecule has 13 heavy (non-hydrogen) atoms. The Morgan fingerprint density at radius 1 is 1.38 bits per heavy atom. The summed E-state index contributed by atoms with van der Waals surface area (Å²) in [7, 11) is 0. The SMILES string of the molecule is CCOc1cccc([C](C)C)c1Br. The predicted molar refractivity (Wildman–Crippen MR) is 59.0 cm³/mol. The summed E-state index contributed by atoms with van der Waals surface area (Å²) in [5.74, 6) is 2.20. The van der Waals surface area contributed by atoms with Crippen LogP contribution in [0.2, 0.25) is 0 Å². The Morgan fingerprint density at radius 2 is 2.08 bits per heavy atom. The molecule has 0 spiro atoms. The molecule has 0 amide bonds. The Kier molecular flexibility index (Phi) is 3.79. The van der Waals surface area contributed by atoms with Crippen molar-refractivity contribution in [1.29, 1.82) is 0 Å². The first kappa shape index (κ1) is 10.6. The minimum Gasteiger partial charge on any atom is -0.493 e. The summed E-state index contributed by atoms with van der Waals surface area (Å²) in [5, 5.41) is 0. The maximum Gasteiger partial charge on any atom is 0.133 e. The molecule has 0 aromatic heterocycles. The lowest BCUT2D eigenvalue weighted by Crippen LogP contribution is -1.96. The fraction of sp³-hybridized carbons (Fsp3) is 0.364. The Hall–Kier alpha value is -0.500. The summed E-state index contributed by atoms with van der Waals surface area (Å²) in [5.41, 5.74) is 1.21. The third kappa shape index (κ3) is 2.47. The van der Waals surface area contributed by atoms with Crippen molar-refractivity contribution in [3.8, 4) is 5.75 Å². The van der Waals surface area contributed by atoms with E-state index in [0.717, 1.165) is 10.2 Å². The van der Waals surface area contributed by atoms with Gasteiger partial charge in [0.15, 0.2) is 0 Å². The summed E-state index contributed by atoms with van der Waals surface area (Å²) in [6, 6.07) is 6.07. The molecule has 2 heteroatoms. The first-order valence-electron chi connectivity index (χ1n) is 4.38. The highest BCUT2D eigenvalue weighted by Gasteiger charge is 2.08. The van der Waals surface area contributed by atoms with Crippen LogP contribution in [0.15, 0.2) is 22.7 Å². The highest BCUT2D eigenvalue weighted by Crippen LogP contribution is 2.32. The van der Waals surface area contributed by atoms with Crippen LogP contribution >= 0.6 is 15.9 Å². The smallest absolute Gasteiger partial charge is 0.133 e. The zero-order valence-corrected chi connectivity index (χ0v) is 9.81. The Morgan fingerprint density at radius 3 is 2.62 bits per heavy atom. The molecule has 0 unspecified atom stereocenters. The largest absolute Gasteiger partial charge is 0.493 e. The maximum absolute atomic E-state index is 5.47. The zero-order chi connectivity index (χ0) is 9.84. The van der Waals surface area contributed by atoms with E-state index >= 15 is 0 Å². The molecule has 0 aliphatic carbocycles. The zero-order valence-electron chi connectivity index (χ0n) is 8.23. The molecule has 0 fully saturated rings. The second kappa shape index (κ2) is 4.66. The lowest BCUT2D eigenvalue weighted by Gasteiger charge is -2.11. The van der Waals surface area contributed by atoms with E-state index in [1.165, 1.54) is 11.5 Å². The minimum absolute atomic E-state index is 0.699. The van der Waals surface area contributed by atoms with Gasteiger partial charge in [0.1, 0.15) is 5.75 Å². The van der Waals surface area contributed by atoms with E-state index in [-0.39, 0.29) is 0 Å². The monoisotopic (exact) mass is 241 g/mol. The third-order valence-corrected chi connectivity index (χ3v) is 2.62. The van der Waals surface area contributed by atoms with Gasteiger partial charge in [-0.05, 0) is 34.5 Å². The number of ether oxygens (including phenoxy) is 1. The Balaban J connectivity index is 3.03. The molecule has 1 rings (SSSR count). The van der Waals surface area contributed by atoms with Crippen LogP contribution in [0.1, 0.15) is 26.3 Å². The molecular weight excluding hydrogens is 228 g/mol. The lowest BCUT2D eigenvalue weighted by atomic mass is 10.0. The average molecular weight is 242 g/mol. The molecule has 0 atom stereocenters. The van der Waals surface area contributed by atoms with Gasteiger partial charge in [-0.25, -0.2) is 0 Å². The van der Waals surface area contributed by atoms with Crippen LogP contribution in [0.25, 0.3) is 0 Å². The molecule has 71 valence electrons. The van der Waals surface area contributed by atoms with Crippen molar-refractivity contribution < 1.29 is 4.74 Å². The van der Waals surface area contributed by atoms with E-state index < -0.39 is 0 Å². The highest BCUT2D eigenvalue weighted by molar-refractivity contribution is 9.10. The van der Waals surface area contributed by atoms with Gasteiger partial charge < -0.3 is 4.74 Å². The molecule has 1 aromatic carbocycles. The predicted octanol–water partition coefficient (Wildman–Crippen LogP) is 3.81. The number of hydrogen-bond acceptors (Lipinski definition) is 1. The van der Waals surface area contributed by atoms with Gasteiger partial charge in [-0.1, -0.05) is 26.0 Å². The minimum atomic E-state index is 0.699. The van der Waals surface area contributed by atoms with Gasteiger partial charge in [-0.2, -0.15) is 0 Å². The van der Waals surface area contributed by atoms with E-state index in [1.54, 1.807) is 0 Å². The molecule has 0 saturated heterocycles. The molecule has 1 radical (unpaired) electrons. The van der Waals surface area contributed by atoms with Crippen molar-refractivity contribution in [2.24, 2.45) is 0 Å². The maximum atomic E-state index is 5.47. The number of rotatable bonds is 3. The molecule has 0 N–H and O–H groups in total. The Labute approximate surface area is 88.2 Å². The summed E-state index contributed by atoms with van der Waals surface area (Å²) in [4.78, 5) is 0. The topological polar surface area (TPSA) is 9.23 Å². The van der Waals surface area contributed by atoms with Crippen LogP contribution in [0.3, 0.4) is 0 Å². The summed E-state index contributed by atoms with van der Waals surface area (Å²) < 4.78 is 6.52. The van der Waals surface area contributed by atoms with E-state index in [0.29, 0.717) is 6.61 Å². The van der Waals surface area contributed by atoms with Crippen molar-refractivity contribution in [1.82, 2.24) is 0 Å².